The highest BCUT2D eigenvalue weighted by atomic mass is 19.1. The largest absolute Gasteiger partial charge is 0.327 e. The fourth-order valence-corrected chi connectivity index (χ4v) is 0.817. The molecule has 0 aliphatic rings. The Hall–Kier alpha value is -0.960. The fourth-order valence-electron chi connectivity index (χ4n) is 0.817. The van der Waals surface area contributed by atoms with E-state index < -0.39 is 5.67 Å². The highest BCUT2D eigenvalue weighted by Crippen LogP contribution is 2.22. The van der Waals surface area contributed by atoms with Gasteiger partial charge in [0.25, 0.3) is 0 Å². The smallest absolute Gasteiger partial charge is 0.145 e. The van der Waals surface area contributed by atoms with Crippen LogP contribution in [0.2, 0.25) is 0 Å². The zero-order valence-corrected chi connectivity index (χ0v) is 6.42. The Labute approximate surface area is 65.3 Å². The van der Waals surface area contributed by atoms with E-state index in [1.54, 1.807) is 24.5 Å². The minimum absolute atomic E-state index is 0.00296. The van der Waals surface area contributed by atoms with Crippen molar-refractivity contribution in [2.75, 3.05) is 6.54 Å². The Morgan fingerprint density at radius 2 is 2.09 bits per heavy atom. The first-order valence-corrected chi connectivity index (χ1v) is 3.46. The van der Waals surface area contributed by atoms with Gasteiger partial charge >= 0.3 is 0 Å². The van der Waals surface area contributed by atoms with Gasteiger partial charge in [-0.1, -0.05) is 0 Å². The zero-order chi connectivity index (χ0) is 8.32. The van der Waals surface area contributed by atoms with Crippen LogP contribution < -0.4 is 5.73 Å². The number of alkyl halides is 1. The van der Waals surface area contributed by atoms with Crippen LogP contribution in [0.25, 0.3) is 0 Å². The molecule has 0 aromatic carbocycles. The standard InChI is InChI=1S/C8H11FN2/c1-8(9,6-10)7-2-4-11-5-3-7/h2-5H,6,10H2,1H3. The van der Waals surface area contributed by atoms with Crippen LogP contribution in [0.1, 0.15) is 12.5 Å². The van der Waals surface area contributed by atoms with Gasteiger partial charge in [-0.2, -0.15) is 0 Å². The lowest BCUT2D eigenvalue weighted by Crippen LogP contribution is -2.26. The molecule has 0 saturated carbocycles. The van der Waals surface area contributed by atoms with E-state index in [9.17, 15) is 4.39 Å². The number of aromatic nitrogens is 1. The van der Waals surface area contributed by atoms with E-state index in [4.69, 9.17) is 5.73 Å². The Kier molecular flexibility index (Phi) is 2.19. The average molecular weight is 154 g/mol. The summed E-state index contributed by atoms with van der Waals surface area (Å²) in [4.78, 5) is 3.79. The van der Waals surface area contributed by atoms with Crippen LogP contribution >= 0.6 is 0 Å². The summed E-state index contributed by atoms with van der Waals surface area (Å²) >= 11 is 0. The Balaban J connectivity index is 2.93. The van der Waals surface area contributed by atoms with Gasteiger partial charge in [-0.3, -0.25) is 4.98 Å². The second kappa shape index (κ2) is 2.96. The SMILES string of the molecule is CC(F)(CN)c1ccncc1. The second-order valence-electron chi connectivity index (χ2n) is 2.64. The van der Waals surface area contributed by atoms with Crippen molar-refractivity contribution >= 4 is 0 Å². The molecule has 0 fully saturated rings. The van der Waals surface area contributed by atoms with Crippen LogP contribution in [0, 0.1) is 0 Å². The Morgan fingerprint density at radius 3 is 2.55 bits per heavy atom. The van der Waals surface area contributed by atoms with E-state index in [0.717, 1.165) is 0 Å². The van der Waals surface area contributed by atoms with Crippen LogP contribution in [0.15, 0.2) is 24.5 Å². The summed E-state index contributed by atoms with van der Waals surface area (Å²) in [5, 5.41) is 0. The third-order valence-electron chi connectivity index (χ3n) is 1.67. The van der Waals surface area contributed by atoms with Gasteiger partial charge in [-0.05, 0) is 24.6 Å². The summed E-state index contributed by atoms with van der Waals surface area (Å²) in [7, 11) is 0. The summed E-state index contributed by atoms with van der Waals surface area (Å²) in [5.74, 6) is 0. The molecule has 2 N–H and O–H groups in total. The molecule has 0 amide bonds. The fraction of sp³-hybridized carbons (Fsp3) is 0.375. The van der Waals surface area contributed by atoms with Crippen molar-refractivity contribution in [2.45, 2.75) is 12.6 Å². The molecule has 1 heterocycles. The molecule has 1 atom stereocenters. The maximum atomic E-state index is 13.4. The van der Waals surface area contributed by atoms with E-state index in [-0.39, 0.29) is 6.54 Å². The summed E-state index contributed by atoms with van der Waals surface area (Å²) in [5.41, 5.74) is 4.39. The molecule has 60 valence electrons. The van der Waals surface area contributed by atoms with Gasteiger partial charge < -0.3 is 5.73 Å². The molecule has 1 aromatic heterocycles. The predicted octanol–water partition coefficient (Wildman–Crippen LogP) is 1.23. The summed E-state index contributed by atoms with van der Waals surface area (Å²) in [6, 6.07) is 3.26. The number of rotatable bonds is 2. The molecule has 11 heavy (non-hydrogen) atoms. The van der Waals surface area contributed by atoms with E-state index in [1.165, 1.54) is 6.92 Å². The molecule has 1 rings (SSSR count). The van der Waals surface area contributed by atoms with E-state index >= 15 is 0 Å². The van der Waals surface area contributed by atoms with Crippen molar-refractivity contribution in [3.63, 3.8) is 0 Å². The zero-order valence-electron chi connectivity index (χ0n) is 6.42. The first-order chi connectivity index (χ1) is 5.17. The van der Waals surface area contributed by atoms with Crippen molar-refractivity contribution < 1.29 is 4.39 Å². The lowest BCUT2D eigenvalue weighted by molar-refractivity contribution is 0.203. The monoisotopic (exact) mass is 154 g/mol. The third kappa shape index (κ3) is 1.74. The van der Waals surface area contributed by atoms with Crippen LogP contribution in [0.5, 0.6) is 0 Å². The maximum Gasteiger partial charge on any atom is 0.145 e. The van der Waals surface area contributed by atoms with Crippen LogP contribution in [0.4, 0.5) is 4.39 Å². The molecule has 3 heteroatoms. The van der Waals surface area contributed by atoms with Crippen molar-refractivity contribution in [3.8, 4) is 0 Å². The highest BCUT2D eigenvalue weighted by Gasteiger charge is 2.22. The number of hydrogen-bond donors (Lipinski definition) is 1. The average Bonchev–Trinajstić information content (AvgIpc) is 2.06. The molecule has 2 nitrogen and oxygen atoms in total. The van der Waals surface area contributed by atoms with Gasteiger partial charge in [0.15, 0.2) is 0 Å². The van der Waals surface area contributed by atoms with Crippen molar-refractivity contribution in [1.82, 2.24) is 4.98 Å². The highest BCUT2D eigenvalue weighted by molar-refractivity contribution is 5.18. The lowest BCUT2D eigenvalue weighted by Gasteiger charge is -2.17. The van der Waals surface area contributed by atoms with Crippen molar-refractivity contribution in [3.05, 3.63) is 30.1 Å². The summed E-state index contributed by atoms with van der Waals surface area (Å²) in [6.07, 6.45) is 3.12. The molecule has 0 aliphatic heterocycles. The van der Waals surface area contributed by atoms with Gasteiger partial charge in [-0.25, -0.2) is 4.39 Å². The summed E-state index contributed by atoms with van der Waals surface area (Å²) in [6.45, 7) is 1.46. The molecule has 1 unspecified atom stereocenters. The quantitative estimate of drug-likeness (QED) is 0.695. The number of hydrogen-bond acceptors (Lipinski definition) is 2. The van der Waals surface area contributed by atoms with Crippen LogP contribution in [-0.2, 0) is 5.67 Å². The minimum atomic E-state index is -1.43. The molecule has 0 radical (unpaired) electrons. The third-order valence-corrected chi connectivity index (χ3v) is 1.67. The molecular weight excluding hydrogens is 143 g/mol. The maximum absolute atomic E-state index is 13.4. The van der Waals surface area contributed by atoms with Crippen molar-refractivity contribution in [1.29, 1.82) is 0 Å². The first kappa shape index (κ1) is 8.14. The molecule has 1 aromatic rings. The summed E-state index contributed by atoms with van der Waals surface area (Å²) < 4.78 is 13.4. The van der Waals surface area contributed by atoms with Gasteiger partial charge in [0.05, 0.1) is 0 Å². The predicted molar refractivity (Wildman–Crippen MR) is 41.8 cm³/mol. The lowest BCUT2D eigenvalue weighted by atomic mass is 10.00. The Bertz CT molecular complexity index is 221. The Morgan fingerprint density at radius 1 is 1.55 bits per heavy atom. The molecule has 0 aliphatic carbocycles. The van der Waals surface area contributed by atoms with E-state index in [1.807, 2.05) is 0 Å². The molecule has 0 bridgehead atoms. The number of nitrogens with two attached hydrogens (primary N) is 1. The molecule has 0 spiro atoms. The van der Waals surface area contributed by atoms with E-state index in [2.05, 4.69) is 4.98 Å². The minimum Gasteiger partial charge on any atom is -0.327 e. The number of nitrogens with zero attached hydrogens (tertiary/aromatic N) is 1. The van der Waals surface area contributed by atoms with Crippen LogP contribution in [-0.4, -0.2) is 11.5 Å². The normalized spacial score (nSPS) is 15.9. The first-order valence-electron chi connectivity index (χ1n) is 3.46. The van der Waals surface area contributed by atoms with Gasteiger partial charge in [-0.15, -0.1) is 0 Å². The van der Waals surface area contributed by atoms with E-state index in [0.29, 0.717) is 5.56 Å². The molecular formula is C8H11FN2. The van der Waals surface area contributed by atoms with Gasteiger partial charge in [0, 0.05) is 18.9 Å². The number of pyridine rings is 1. The van der Waals surface area contributed by atoms with Gasteiger partial charge in [0.1, 0.15) is 5.67 Å². The van der Waals surface area contributed by atoms with Crippen molar-refractivity contribution in [2.24, 2.45) is 5.73 Å². The van der Waals surface area contributed by atoms with Gasteiger partial charge in [0.2, 0.25) is 0 Å². The number of halogens is 1. The second-order valence-corrected chi connectivity index (χ2v) is 2.64. The molecule has 0 saturated heterocycles. The topological polar surface area (TPSA) is 38.9 Å². The van der Waals surface area contributed by atoms with Crippen LogP contribution in [0.3, 0.4) is 0 Å².